The van der Waals surface area contributed by atoms with Gasteiger partial charge in [-0.1, -0.05) is 6.07 Å². The van der Waals surface area contributed by atoms with Gasteiger partial charge in [0.2, 0.25) is 0 Å². The highest BCUT2D eigenvalue weighted by Gasteiger charge is 2.11. The average molecular weight is 288 g/mol. The molecule has 0 N–H and O–H groups in total. The molecule has 1 aromatic heterocycles. The second-order valence-electron chi connectivity index (χ2n) is 4.68. The first-order valence-corrected chi connectivity index (χ1v) is 6.49. The van der Waals surface area contributed by atoms with E-state index in [9.17, 15) is 14.9 Å². The van der Waals surface area contributed by atoms with Crippen molar-refractivity contribution in [3.05, 3.63) is 68.1 Å². The van der Waals surface area contributed by atoms with Crippen LogP contribution in [0.2, 0.25) is 0 Å². The Morgan fingerprint density at radius 3 is 2.71 bits per heavy atom. The number of rotatable bonds is 5. The first kappa shape index (κ1) is 14.9. The van der Waals surface area contributed by atoms with Gasteiger partial charge in [0, 0.05) is 37.4 Å². The highest BCUT2D eigenvalue weighted by Crippen LogP contribution is 2.19. The Bertz CT molecular complexity index is 722. The molecule has 21 heavy (non-hydrogen) atoms. The molecule has 0 saturated heterocycles. The van der Waals surface area contributed by atoms with Crippen LogP contribution in [0, 0.1) is 17.0 Å². The zero-order chi connectivity index (χ0) is 15.4. The molecule has 6 heteroatoms. The summed E-state index contributed by atoms with van der Waals surface area (Å²) in [6.07, 6.45) is 2.19. The predicted molar refractivity (Wildman–Crippen MR) is 79.0 cm³/mol. The molecule has 0 atom stereocenters. The number of hydrogen-bond donors (Lipinski definition) is 0. The summed E-state index contributed by atoms with van der Waals surface area (Å²) in [5.74, 6) is 0. The third-order valence-corrected chi connectivity index (χ3v) is 3.25. The van der Waals surface area contributed by atoms with Gasteiger partial charge >= 0.3 is 0 Å². The Morgan fingerprint density at radius 1 is 1.33 bits per heavy atom. The molecule has 2 aromatic rings. The number of non-ortho nitro benzene ring substituents is 1. The molecular weight excluding hydrogens is 272 g/mol. The summed E-state index contributed by atoms with van der Waals surface area (Å²) >= 11 is 0. The van der Waals surface area contributed by atoms with E-state index >= 15 is 0 Å². The second kappa shape index (κ2) is 6.32. The van der Waals surface area contributed by atoms with Crippen molar-refractivity contribution < 1.29 is 9.66 Å². The van der Waals surface area contributed by atoms with Gasteiger partial charge in [0.05, 0.1) is 17.2 Å². The quantitative estimate of drug-likeness (QED) is 0.624. The molecule has 0 fully saturated rings. The van der Waals surface area contributed by atoms with Crippen molar-refractivity contribution in [2.24, 2.45) is 0 Å². The van der Waals surface area contributed by atoms with Crippen LogP contribution in [0.15, 0.2) is 41.3 Å². The first-order chi connectivity index (χ1) is 10.0. The minimum Gasteiger partial charge on any atom is -0.384 e. The van der Waals surface area contributed by atoms with Gasteiger partial charge in [0.1, 0.15) is 0 Å². The molecule has 2 rings (SSSR count). The van der Waals surface area contributed by atoms with Crippen molar-refractivity contribution in [1.82, 2.24) is 4.57 Å². The van der Waals surface area contributed by atoms with Gasteiger partial charge in [-0.3, -0.25) is 19.5 Å². The lowest BCUT2D eigenvalue weighted by molar-refractivity contribution is -0.384. The van der Waals surface area contributed by atoms with E-state index in [1.807, 2.05) is 0 Å². The monoisotopic (exact) mass is 288 g/mol. The van der Waals surface area contributed by atoms with E-state index in [0.29, 0.717) is 29.8 Å². The summed E-state index contributed by atoms with van der Waals surface area (Å²) in [6, 6.07) is 8.00. The SMILES string of the molecule is COCCc1cccn(-c2ccc([N+](=O)[O-])cc2C)c1=O. The van der Waals surface area contributed by atoms with Gasteiger partial charge in [-0.25, -0.2) is 0 Å². The standard InChI is InChI=1S/C15H16N2O4/c1-11-10-13(17(19)20)5-6-14(11)16-8-3-4-12(15(16)18)7-9-21-2/h3-6,8,10H,7,9H2,1-2H3. The maximum Gasteiger partial charge on any atom is 0.269 e. The largest absolute Gasteiger partial charge is 0.384 e. The second-order valence-corrected chi connectivity index (χ2v) is 4.68. The maximum absolute atomic E-state index is 12.4. The van der Waals surface area contributed by atoms with E-state index in [4.69, 9.17) is 4.74 Å². The van der Waals surface area contributed by atoms with Crippen LogP contribution in [0.3, 0.4) is 0 Å². The smallest absolute Gasteiger partial charge is 0.269 e. The molecule has 6 nitrogen and oxygen atoms in total. The third-order valence-electron chi connectivity index (χ3n) is 3.25. The number of nitro benzene ring substituents is 1. The number of nitrogens with zero attached hydrogens (tertiary/aromatic N) is 2. The van der Waals surface area contributed by atoms with Gasteiger partial charge in [0.25, 0.3) is 11.2 Å². The average Bonchev–Trinajstić information content (AvgIpc) is 2.46. The predicted octanol–water partition coefficient (Wildman–Crippen LogP) is 2.24. The number of methoxy groups -OCH3 is 1. The van der Waals surface area contributed by atoms with Crippen molar-refractivity contribution >= 4 is 5.69 Å². The Balaban J connectivity index is 2.47. The highest BCUT2D eigenvalue weighted by molar-refractivity contribution is 5.48. The minimum absolute atomic E-state index is 0.0137. The van der Waals surface area contributed by atoms with Crippen molar-refractivity contribution in [3.63, 3.8) is 0 Å². The molecule has 0 aliphatic heterocycles. The Kier molecular flexibility index (Phi) is 4.49. The summed E-state index contributed by atoms with van der Waals surface area (Å²) in [6.45, 7) is 2.22. The Labute approximate surface area is 121 Å². The van der Waals surface area contributed by atoms with E-state index in [2.05, 4.69) is 0 Å². The number of nitro groups is 1. The van der Waals surface area contributed by atoms with Gasteiger partial charge in [-0.2, -0.15) is 0 Å². The number of ether oxygens (including phenoxy) is 1. The molecule has 0 bridgehead atoms. The normalized spacial score (nSPS) is 10.6. The molecule has 0 unspecified atom stereocenters. The molecule has 0 amide bonds. The molecular formula is C15H16N2O4. The summed E-state index contributed by atoms with van der Waals surface area (Å²) in [5, 5.41) is 10.8. The van der Waals surface area contributed by atoms with Crippen molar-refractivity contribution in [2.75, 3.05) is 13.7 Å². The van der Waals surface area contributed by atoms with Gasteiger partial charge < -0.3 is 4.74 Å². The van der Waals surface area contributed by atoms with Crippen LogP contribution in [0.4, 0.5) is 5.69 Å². The molecule has 1 heterocycles. The van der Waals surface area contributed by atoms with Crippen LogP contribution in [0.1, 0.15) is 11.1 Å². The summed E-state index contributed by atoms with van der Waals surface area (Å²) in [5.41, 5.74) is 1.85. The third kappa shape index (κ3) is 3.17. The molecule has 110 valence electrons. The lowest BCUT2D eigenvalue weighted by Crippen LogP contribution is -2.22. The van der Waals surface area contributed by atoms with E-state index in [1.54, 1.807) is 38.4 Å². The topological polar surface area (TPSA) is 74.4 Å². The van der Waals surface area contributed by atoms with Gasteiger partial charge in [-0.15, -0.1) is 0 Å². The van der Waals surface area contributed by atoms with Gasteiger partial charge in [0.15, 0.2) is 0 Å². The first-order valence-electron chi connectivity index (χ1n) is 6.49. The van der Waals surface area contributed by atoms with E-state index in [-0.39, 0.29) is 11.2 Å². The molecule has 0 aliphatic carbocycles. The zero-order valence-electron chi connectivity index (χ0n) is 11.9. The fourth-order valence-electron chi connectivity index (χ4n) is 2.15. The van der Waals surface area contributed by atoms with Crippen LogP contribution in [0.5, 0.6) is 0 Å². The summed E-state index contributed by atoms with van der Waals surface area (Å²) in [7, 11) is 1.59. The number of hydrogen-bond acceptors (Lipinski definition) is 4. The molecule has 0 aliphatic rings. The van der Waals surface area contributed by atoms with E-state index < -0.39 is 4.92 Å². The fourth-order valence-corrected chi connectivity index (χ4v) is 2.15. The van der Waals surface area contributed by atoms with Crippen LogP contribution >= 0.6 is 0 Å². The number of benzene rings is 1. The van der Waals surface area contributed by atoms with Crippen LogP contribution in [-0.2, 0) is 11.2 Å². The number of aromatic nitrogens is 1. The molecule has 0 saturated carbocycles. The summed E-state index contributed by atoms with van der Waals surface area (Å²) in [4.78, 5) is 22.7. The summed E-state index contributed by atoms with van der Waals surface area (Å²) < 4.78 is 6.49. The van der Waals surface area contributed by atoms with Gasteiger partial charge in [-0.05, 0) is 24.6 Å². The van der Waals surface area contributed by atoms with Crippen LogP contribution in [0.25, 0.3) is 5.69 Å². The van der Waals surface area contributed by atoms with Crippen molar-refractivity contribution in [1.29, 1.82) is 0 Å². The fraction of sp³-hybridized carbons (Fsp3) is 0.267. The molecule has 0 radical (unpaired) electrons. The lowest BCUT2D eigenvalue weighted by Gasteiger charge is -2.10. The number of aryl methyl sites for hydroxylation is 1. The van der Waals surface area contributed by atoms with Crippen LogP contribution in [-0.4, -0.2) is 23.2 Å². The Hall–Kier alpha value is -2.47. The van der Waals surface area contributed by atoms with Crippen LogP contribution < -0.4 is 5.56 Å². The van der Waals surface area contributed by atoms with Crippen molar-refractivity contribution in [3.8, 4) is 5.69 Å². The lowest BCUT2D eigenvalue weighted by atomic mass is 10.1. The molecule has 0 spiro atoms. The van der Waals surface area contributed by atoms with Crippen molar-refractivity contribution in [2.45, 2.75) is 13.3 Å². The number of pyridine rings is 1. The van der Waals surface area contributed by atoms with E-state index in [1.165, 1.54) is 16.7 Å². The highest BCUT2D eigenvalue weighted by atomic mass is 16.6. The molecule has 1 aromatic carbocycles. The zero-order valence-corrected chi connectivity index (χ0v) is 11.9. The maximum atomic E-state index is 12.4. The minimum atomic E-state index is -0.450. The van der Waals surface area contributed by atoms with E-state index in [0.717, 1.165) is 0 Å². The Morgan fingerprint density at radius 2 is 2.10 bits per heavy atom.